The lowest BCUT2D eigenvalue weighted by molar-refractivity contribution is 1.33. The summed E-state index contributed by atoms with van der Waals surface area (Å²) in [6.07, 6.45) is 6.47. The Bertz CT molecular complexity index is 2410. The number of nitrogens with two attached hydrogens (primary N) is 1. The van der Waals surface area contributed by atoms with Gasteiger partial charge in [0.25, 0.3) is 0 Å². The van der Waals surface area contributed by atoms with E-state index in [1.807, 2.05) is 67.0 Å². The van der Waals surface area contributed by atoms with Crippen molar-refractivity contribution in [1.82, 2.24) is 9.97 Å². The molecule has 4 heteroatoms. The zero-order chi connectivity index (χ0) is 36.0. The molecule has 0 saturated carbocycles. The highest BCUT2D eigenvalue weighted by atomic mass is 14.7. The topological polar surface area (TPSA) is 75.7 Å². The third-order valence-electron chi connectivity index (χ3n) is 9.61. The van der Waals surface area contributed by atoms with Crippen LogP contribution in [-0.4, -0.2) is 16.2 Å². The van der Waals surface area contributed by atoms with E-state index >= 15 is 0 Å². The van der Waals surface area contributed by atoms with Crippen LogP contribution in [-0.2, 0) is 0 Å². The van der Waals surface area contributed by atoms with E-state index in [-0.39, 0.29) is 0 Å². The van der Waals surface area contributed by atoms with Crippen molar-refractivity contribution >= 4 is 11.8 Å². The van der Waals surface area contributed by atoms with Crippen molar-refractivity contribution in [2.45, 2.75) is 0 Å². The van der Waals surface area contributed by atoms with Crippen molar-refractivity contribution in [3.05, 3.63) is 200 Å². The molecule has 2 aromatic heterocycles. The number of nitrogens with zero attached hydrogens (tertiary/aromatic N) is 2. The van der Waals surface area contributed by atoms with Gasteiger partial charge in [-0.1, -0.05) is 133 Å². The van der Waals surface area contributed by atoms with E-state index in [1.165, 1.54) is 12.4 Å². The lowest BCUT2D eigenvalue weighted by atomic mass is 9.86. The first-order chi connectivity index (χ1) is 26.2. The molecule has 4 nitrogen and oxygen atoms in total. The number of hydrogen-bond donors (Lipinski definition) is 2. The Morgan fingerprint density at radius 2 is 0.755 bits per heavy atom. The van der Waals surface area contributed by atoms with E-state index in [1.54, 1.807) is 0 Å². The van der Waals surface area contributed by atoms with Crippen LogP contribution in [0.25, 0.3) is 83.7 Å². The van der Waals surface area contributed by atoms with Crippen LogP contribution < -0.4 is 5.73 Å². The van der Waals surface area contributed by atoms with Crippen molar-refractivity contribution in [2.75, 3.05) is 0 Å². The van der Waals surface area contributed by atoms with Crippen LogP contribution in [0, 0.1) is 5.41 Å². The Balaban J connectivity index is 1.29. The molecule has 0 aliphatic heterocycles. The molecule has 0 aliphatic carbocycles. The van der Waals surface area contributed by atoms with Gasteiger partial charge in [0, 0.05) is 41.5 Å². The van der Waals surface area contributed by atoms with Crippen molar-refractivity contribution in [3.63, 3.8) is 0 Å². The Kier molecular flexibility index (Phi) is 9.33. The zero-order valence-corrected chi connectivity index (χ0v) is 29.0. The van der Waals surface area contributed by atoms with Gasteiger partial charge in [-0.3, -0.25) is 9.97 Å². The molecule has 53 heavy (non-hydrogen) atoms. The summed E-state index contributed by atoms with van der Waals surface area (Å²) in [4.78, 5) is 9.09. The summed E-state index contributed by atoms with van der Waals surface area (Å²) < 4.78 is 0. The number of nitrogens with one attached hydrogen (secondary N) is 1. The minimum atomic E-state index is 0.661. The van der Waals surface area contributed by atoms with Gasteiger partial charge in [0.15, 0.2) is 0 Å². The number of aromatic nitrogens is 2. The third kappa shape index (κ3) is 6.82. The molecule has 0 spiro atoms. The second-order valence-electron chi connectivity index (χ2n) is 12.8. The third-order valence-corrected chi connectivity index (χ3v) is 9.61. The summed E-state index contributed by atoms with van der Waals surface area (Å²) in [5, 5.41) is 8.12. The van der Waals surface area contributed by atoms with Crippen LogP contribution in [0.4, 0.5) is 0 Å². The van der Waals surface area contributed by atoms with Gasteiger partial charge in [-0.25, -0.2) is 0 Å². The van der Waals surface area contributed by atoms with Crippen LogP contribution in [0.5, 0.6) is 0 Å². The average molecular weight is 681 g/mol. The molecule has 252 valence electrons. The molecule has 0 saturated heterocycles. The van der Waals surface area contributed by atoms with Gasteiger partial charge >= 0.3 is 0 Å². The first kappa shape index (κ1) is 33.0. The molecule has 0 amide bonds. The molecule has 0 radical (unpaired) electrons. The van der Waals surface area contributed by atoms with Gasteiger partial charge in [-0.2, -0.15) is 0 Å². The minimum absolute atomic E-state index is 0.661. The van der Waals surface area contributed by atoms with Gasteiger partial charge in [-0.15, -0.1) is 0 Å². The van der Waals surface area contributed by atoms with Gasteiger partial charge < -0.3 is 11.1 Å². The number of rotatable bonds is 9. The highest BCUT2D eigenvalue weighted by Crippen LogP contribution is 2.41. The van der Waals surface area contributed by atoms with Crippen molar-refractivity contribution < 1.29 is 0 Å². The van der Waals surface area contributed by atoms with Gasteiger partial charge in [-0.05, 0) is 104 Å². The smallest absolute Gasteiger partial charge is 0.0701 e. The normalized spacial score (nSPS) is 11.3. The Hall–Kier alpha value is -7.17. The summed E-state index contributed by atoms with van der Waals surface area (Å²) in [6, 6.07) is 61.3. The van der Waals surface area contributed by atoms with Crippen LogP contribution in [0.2, 0.25) is 0 Å². The number of benzene rings is 6. The largest absolute Gasteiger partial charge is 0.404 e. The second-order valence-corrected chi connectivity index (χ2v) is 12.8. The molecule has 0 unspecified atom stereocenters. The molecular weight excluding hydrogens is 645 g/mol. The zero-order valence-electron chi connectivity index (χ0n) is 29.0. The molecular formula is C49H36N4. The molecule has 0 aliphatic rings. The van der Waals surface area contributed by atoms with Crippen LogP contribution in [0.15, 0.2) is 195 Å². The molecule has 3 N–H and O–H groups in total. The van der Waals surface area contributed by atoms with Crippen molar-refractivity contribution in [3.8, 4) is 78.1 Å². The number of hydrogen-bond acceptors (Lipinski definition) is 4. The first-order valence-corrected chi connectivity index (χ1v) is 17.6. The highest BCUT2D eigenvalue weighted by molar-refractivity contribution is 6.11. The summed E-state index contributed by atoms with van der Waals surface area (Å²) >= 11 is 0. The minimum Gasteiger partial charge on any atom is -0.404 e. The maximum Gasteiger partial charge on any atom is 0.0701 e. The molecule has 6 aromatic carbocycles. The summed E-state index contributed by atoms with van der Waals surface area (Å²) in [5.74, 6) is 0. The first-order valence-electron chi connectivity index (χ1n) is 17.6. The summed E-state index contributed by atoms with van der Waals surface area (Å²) in [6.45, 7) is 0. The number of pyridine rings is 2. The van der Waals surface area contributed by atoms with Gasteiger partial charge in [0.2, 0.25) is 0 Å². The summed E-state index contributed by atoms with van der Waals surface area (Å²) in [7, 11) is 0. The second kappa shape index (κ2) is 15.0. The monoisotopic (exact) mass is 680 g/mol. The average Bonchev–Trinajstić information content (AvgIpc) is 3.25. The molecule has 0 atom stereocenters. The molecule has 2 heterocycles. The highest BCUT2D eigenvalue weighted by Gasteiger charge is 2.16. The fourth-order valence-corrected chi connectivity index (χ4v) is 6.98. The summed E-state index contributed by atoms with van der Waals surface area (Å²) in [5.41, 5.74) is 22.6. The fraction of sp³-hybridized carbons (Fsp3) is 0. The van der Waals surface area contributed by atoms with Gasteiger partial charge in [0.05, 0.1) is 11.4 Å². The van der Waals surface area contributed by atoms with E-state index in [9.17, 15) is 0 Å². The molecule has 8 rings (SSSR count). The predicted octanol–water partition coefficient (Wildman–Crippen LogP) is 12.1. The van der Waals surface area contributed by atoms with E-state index in [2.05, 4.69) is 131 Å². The van der Waals surface area contributed by atoms with Crippen LogP contribution in [0.3, 0.4) is 0 Å². The quantitative estimate of drug-likeness (QED) is 0.149. The Morgan fingerprint density at radius 3 is 1.15 bits per heavy atom. The lowest BCUT2D eigenvalue weighted by Gasteiger charge is -2.18. The number of allylic oxidation sites excluding steroid dienone is 1. The van der Waals surface area contributed by atoms with E-state index in [0.717, 1.165) is 83.7 Å². The maximum absolute atomic E-state index is 8.12. The molecule has 0 bridgehead atoms. The fourth-order valence-electron chi connectivity index (χ4n) is 6.98. The Labute approximate surface area is 310 Å². The van der Waals surface area contributed by atoms with Crippen molar-refractivity contribution in [1.29, 1.82) is 5.41 Å². The van der Waals surface area contributed by atoms with Crippen LogP contribution in [0.1, 0.15) is 5.56 Å². The lowest BCUT2D eigenvalue weighted by Crippen LogP contribution is -1.95. The Morgan fingerprint density at radius 1 is 0.396 bits per heavy atom. The molecule has 0 fully saturated rings. The maximum atomic E-state index is 8.12. The van der Waals surface area contributed by atoms with E-state index in [0.29, 0.717) is 5.57 Å². The SMILES string of the molecule is N=C/C(=C\N)c1ccccc1-c1cc(-c2ccccc2-c2ccc(-c3ccccn3)cc2)cc(-c2ccccc2-c2ccc(-c3ccccn3)cc2)c1. The molecule has 8 aromatic rings. The predicted molar refractivity (Wildman–Crippen MR) is 221 cm³/mol. The van der Waals surface area contributed by atoms with Crippen molar-refractivity contribution in [2.24, 2.45) is 5.73 Å². The standard InChI is InChI=1S/C49H36N4/c50-32-41(33-51)47-16-6-5-15-46(47)40-30-38(44-13-3-1-11-42(44)34-19-23-36(24-20-34)48-17-7-9-27-52-48)29-39(31-40)45-14-4-2-12-43(45)35-21-25-37(26-22-35)49-18-8-10-28-53-49/h1-33,50H,51H2/b41-33+,50-32?. The van der Waals surface area contributed by atoms with Gasteiger partial charge in [0.1, 0.15) is 0 Å². The van der Waals surface area contributed by atoms with Crippen LogP contribution >= 0.6 is 0 Å². The van der Waals surface area contributed by atoms with E-state index in [4.69, 9.17) is 11.1 Å². The van der Waals surface area contributed by atoms with E-state index < -0.39 is 0 Å².